The van der Waals surface area contributed by atoms with Crippen molar-refractivity contribution in [2.45, 2.75) is 25.8 Å². The highest BCUT2D eigenvalue weighted by Gasteiger charge is 2.56. The summed E-state index contributed by atoms with van der Waals surface area (Å²) < 4.78 is 6.01. The summed E-state index contributed by atoms with van der Waals surface area (Å²) in [5, 5.41) is 6.88. The number of aromatic nitrogens is 2. The summed E-state index contributed by atoms with van der Waals surface area (Å²) in [6.07, 6.45) is 6.83. The van der Waals surface area contributed by atoms with E-state index in [1.54, 1.807) is 12.4 Å². The Morgan fingerprint density at radius 3 is 2.89 bits per heavy atom. The Labute approximate surface area is 111 Å². The van der Waals surface area contributed by atoms with Crippen molar-refractivity contribution < 1.29 is 14.3 Å². The van der Waals surface area contributed by atoms with Gasteiger partial charge in [0.25, 0.3) is 0 Å². The predicted molar refractivity (Wildman–Crippen MR) is 67.2 cm³/mol. The number of nitrogens with zero attached hydrogens (tertiary/aromatic N) is 2. The Balaban J connectivity index is 1.55. The highest BCUT2D eigenvalue weighted by molar-refractivity contribution is 5.94. The van der Waals surface area contributed by atoms with Crippen LogP contribution in [0.1, 0.15) is 19.3 Å². The number of carbonyl (C=O) groups is 2. The number of rotatable bonds is 4. The topological polar surface area (TPSA) is 73.2 Å². The van der Waals surface area contributed by atoms with E-state index < -0.39 is 0 Å². The molecule has 2 aliphatic rings. The van der Waals surface area contributed by atoms with Gasteiger partial charge in [-0.25, -0.2) is 0 Å². The summed E-state index contributed by atoms with van der Waals surface area (Å²) in [5.41, 5.74) is 0.638. The molecule has 0 spiro atoms. The largest absolute Gasteiger partial charge is 0.468 e. The van der Waals surface area contributed by atoms with Gasteiger partial charge < -0.3 is 10.1 Å². The number of amides is 1. The lowest BCUT2D eigenvalue weighted by molar-refractivity contribution is -0.141. The fourth-order valence-corrected chi connectivity index (χ4v) is 3.15. The molecular formula is C13H17N3O3. The van der Waals surface area contributed by atoms with E-state index in [0.29, 0.717) is 17.5 Å². The van der Waals surface area contributed by atoms with Gasteiger partial charge in [-0.3, -0.25) is 14.3 Å². The van der Waals surface area contributed by atoms with Crippen molar-refractivity contribution in [1.82, 2.24) is 9.78 Å². The average molecular weight is 263 g/mol. The van der Waals surface area contributed by atoms with Gasteiger partial charge in [0.15, 0.2) is 0 Å². The highest BCUT2D eigenvalue weighted by atomic mass is 16.5. The number of carbonyl (C=O) groups excluding carboxylic acids is 2. The number of fused-ring (bicyclic) bond motifs is 1. The fourth-order valence-electron chi connectivity index (χ4n) is 3.15. The van der Waals surface area contributed by atoms with Gasteiger partial charge in [0.1, 0.15) is 6.54 Å². The first kappa shape index (κ1) is 12.2. The van der Waals surface area contributed by atoms with Crippen LogP contribution >= 0.6 is 0 Å². The normalized spacial score (nSPS) is 27.7. The second-order valence-electron chi connectivity index (χ2n) is 5.28. The van der Waals surface area contributed by atoms with Crippen LogP contribution in [0.15, 0.2) is 12.4 Å². The van der Waals surface area contributed by atoms with Crippen molar-refractivity contribution in [2.24, 2.45) is 17.8 Å². The van der Waals surface area contributed by atoms with Gasteiger partial charge in [-0.2, -0.15) is 5.10 Å². The molecule has 3 rings (SSSR count). The molecule has 0 bridgehead atoms. The van der Waals surface area contributed by atoms with Crippen LogP contribution < -0.4 is 5.32 Å². The average Bonchev–Trinajstić information content (AvgIpc) is 2.78. The molecule has 102 valence electrons. The minimum atomic E-state index is -0.363. The molecule has 1 aromatic rings. The van der Waals surface area contributed by atoms with E-state index in [2.05, 4.69) is 15.2 Å². The van der Waals surface area contributed by atoms with E-state index in [9.17, 15) is 9.59 Å². The van der Waals surface area contributed by atoms with Crippen LogP contribution in [0.3, 0.4) is 0 Å². The van der Waals surface area contributed by atoms with E-state index in [-0.39, 0.29) is 24.3 Å². The molecule has 0 saturated heterocycles. The van der Waals surface area contributed by atoms with Crippen LogP contribution in [0.4, 0.5) is 5.69 Å². The summed E-state index contributed by atoms with van der Waals surface area (Å²) >= 11 is 0. The van der Waals surface area contributed by atoms with Gasteiger partial charge >= 0.3 is 5.97 Å². The molecule has 19 heavy (non-hydrogen) atoms. The number of hydrogen-bond acceptors (Lipinski definition) is 4. The SMILES string of the molecule is COC(=O)Cn1cc(NC(=O)C2C3CCCC32)cn1. The van der Waals surface area contributed by atoms with Crippen LogP contribution in [0, 0.1) is 17.8 Å². The molecule has 1 amide bonds. The van der Waals surface area contributed by atoms with Crippen LogP contribution in [0.25, 0.3) is 0 Å². The van der Waals surface area contributed by atoms with Crippen LogP contribution in [-0.2, 0) is 20.9 Å². The minimum absolute atomic E-state index is 0.0566. The lowest BCUT2D eigenvalue weighted by atomic mass is 10.1. The zero-order valence-corrected chi connectivity index (χ0v) is 10.8. The molecule has 2 fully saturated rings. The van der Waals surface area contributed by atoms with Crippen molar-refractivity contribution in [3.63, 3.8) is 0 Å². The van der Waals surface area contributed by atoms with Gasteiger partial charge in [0, 0.05) is 12.1 Å². The Bertz CT molecular complexity index is 501. The third-order valence-corrected chi connectivity index (χ3v) is 4.13. The molecule has 1 N–H and O–H groups in total. The number of anilines is 1. The molecule has 6 heteroatoms. The number of nitrogens with one attached hydrogen (secondary N) is 1. The Morgan fingerprint density at radius 2 is 2.21 bits per heavy atom. The van der Waals surface area contributed by atoms with E-state index in [1.165, 1.54) is 31.1 Å². The molecule has 2 unspecified atom stereocenters. The number of esters is 1. The van der Waals surface area contributed by atoms with Gasteiger partial charge in [-0.15, -0.1) is 0 Å². The van der Waals surface area contributed by atoms with E-state index >= 15 is 0 Å². The number of hydrogen-bond donors (Lipinski definition) is 1. The molecule has 2 aliphatic carbocycles. The molecule has 0 aromatic carbocycles. The van der Waals surface area contributed by atoms with Gasteiger partial charge in [-0.1, -0.05) is 6.42 Å². The van der Waals surface area contributed by atoms with E-state index in [0.717, 1.165) is 0 Å². The second-order valence-corrected chi connectivity index (χ2v) is 5.28. The number of ether oxygens (including phenoxy) is 1. The lowest BCUT2D eigenvalue weighted by Crippen LogP contribution is -2.16. The monoisotopic (exact) mass is 263 g/mol. The minimum Gasteiger partial charge on any atom is -0.468 e. The van der Waals surface area contributed by atoms with Crippen molar-refractivity contribution in [1.29, 1.82) is 0 Å². The Kier molecular flexibility index (Phi) is 3.00. The third kappa shape index (κ3) is 2.34. The Morgan fingerprint density at radius 1 is 1.47 bits per heavy atom. The van der Waals surface area contributed by atoms with Crippen LogP contribution in [0.5, 0.6) is 0 Å². The smallest absolute Gasteiger partial charge is 0.327 e. The second kappa shape index (κ2) is 4.68. The standard InChI is InChI=1S/C13H17N3O3/c1-19-11(17)7-16-6-8(5-14-16)15-13(18)12-9-3-2-4-10(9)12/h5-6,9-10,12H,2-4,7H2,1H3,(H,15,18). The molecule has 0 radical (unpaired) electrons. The third-order valence-electron chi connectivity index (χ3n) is 4.13. The maximum absolute atomic E-state index is 12.0. The van der Waals surface area contributed by atoms with Gasteiger partial charge in [-0.05, 0) is 24.7 Å². The van der Waals surface area contributed by atoms with Gasteiger partial charge in [0.05, 0.1) is 19.0 Å². The van der Waals surface area contributed by atoms with Crippen LogP contribution in [0.2, 0.25) is 0 Å². The van der Waals surface area contributed by atoms with Crippen molar-refractivity contribution in [2.75, 3.05) is 12.4 Å². The Hall–Kier alpha value is -1.85. The predicted octanol–water partition coefficient (Wildman–Crippen LogP) is 1.04. The number of methoxy groups -OCH3 is 1. The first-order valence-corrected chi connectivity index (χ1v) is 6.59. The molecule has 2 saturated carbocycles. The zero-order chi connectivity index (χ0) is 13.4. The first-order chi connectivity index (χ1) is 9.19. The molecular weight excluding hydrogens is 246 g/mol. The maximum atomic E-state index is 12.0. The molecule has 6 nitrogen and oxygen atoms in total. The highest BCUT2D eigenvalue weighted by Crippen LogP contribution is 2.57. The summed E-state index contributed by atoms with van der Waals surface area (Å²) in [5.74, 6) is 1.12. The molecule has 2 atom stereocenters. The molecule has 0 aliphatic heterocycles. The zero-order valence-electron chi connectivity index (χ0n) is 10.8. The van der Waals surface area contributed by atoms with Crippen molar-refractivity contribution in [3.05, 3.63) is 12.4 Å². The fraction of sp³-hybridized carbons (Fsp3) is 0.615. The lowest BCUT2D eigenvalue weighted by Gasteiger charge is -2.03. The van der Waals surface area contributed by atoms with Gasteiger partial charge in [0.2, 0.25) is 5.91 Å². The van der Waals surface area contributed by atoms with E-state index in [1.807, 2.05) is 0 Å². The van der Waals surface area contributed by atoms with E-state index in [4.69, 9.17) is 0 Å². The van der Waals surface area contributed by atoms with Crippen LogP contribution in [-0.4, -0.2) is 28.8 Å². The summed E-state index contributed by atoms with van der Waals surface area (Å²) in [6, 6.07) is 0. The molecule has 1 aromatic heterocycles. The van der Waals surface area contributed by atoms with Crippen molar-refractivity contribution in [3.8, 4) is 0 Å². The van der Waals surface area contributed by atoms with Crippen molar-refractivity contribution >= 4 is 17.6 Å². The first-order valence-electron chi connectivity index (χ1n) is 6.59. The summed E-state index contributed by atoms with van der Waals surface area (Å²) in [4.78, 5) is 23.1. The molecule has 1 heterocycles. The maximum Gasteiger partial charge on any atom is 0.327 e. The summed E-state index contributed by atoms with van der Waals surface area (Å²) in [6.45, 7) is 0.0566. The quantitative estimate of drug-likeness (QED) is 0.824. The summed E-state index contributed by atoms with van der Waals surface area (Å²) in [7, 11) is 1.33.